The van der Waals surface area contributed by atoms with Gasteiger partial charge >= 0.3 is 0 Å². The van der Waals surface area contributed by atoms with Crippen molar-refractivity contribution in [2.75, 3.05) is 5.75 Å². The van der Waals surface area contributed by atoms with Crippen LogP contribution >= 0.6 is 23.1 Å². The van der Waals surface area contributed by atoms with Gasteiger partial charge in [-0.15, -0.1) is 11.3 Å². The molecule has 5 nitrogen and oxygen atoms in total. The van der Waals surface area contributed by atoms with Gasteiger partial charge in [-0.1, -0.05) is 30.0 Å². The van der Waals surface area contributed by atoms with E-state index in [0.717, 1.165) is 36.4 Å². The van der Waals surface area contributed by atoms with Crippen LogP contribution in [0.5, 0.6) is 0 Å². The molecule has 7 heteroatoms. The summed E-state index contributed by atoms with van der Waals surface area (Å²) in [6.45, 7) is 8.20. The van der Waals surface area contributed by atoms with Gasteiger partial charge in [0.2, 0.25) is 5.91 Å². The fourth-order valence-electron chi connectivity index (χ4n) is 3.56. The van der Waals surface area contributed by atoms with Gasteiger partial charge in [0, 0.05) is 22.9 Å². The highest BCUT2D eigenvalue weighted by Gasteiger charge is 2.21. The van der Waals surface area contributed by atoms with Crippen molar-refractivity contribution in [1.82, 2.24) is 19.9 Å². The monoisotopic (exact) mass is 410 g/mol. The zero-order chi connectivity index (χ0) is 19.8. The lowest BCUT2D eigenvalue weighted by Gasteiger charge is -2.30. The van der Waals surface area contributed by atoms with Crippen molar-refractivity contribution in [3.8, 4) is 0 Å². The molecule has 0 aliphatic rings. The van der Waals surface area contributed by atoms with E-state index in [4.69, 9.17) is 4.98 Å². The number of aromatic nitrogens is 3. The van der Waals surface area contributed by atoms with E-state index in [2.05, 4.69) is 22.1 Å². The minimum Gasteiger partial charge on any atom is -0.337 e. The first-order chi connectivity index (χ1) is 13.5. The minimum atomic E-state index is 0.131. The van der Waals surface area contributed by atoms with Crippen molar-refractivity contribution in [1.29, 1.82) is 0 Å². The number of hydrogen-bond donors (Lipinski definition) is 0. The fraction of sp³-hybridized carbons (Fsp3) is 0.333. The lowest BCUT2D eigenvalue weighted by molar-refractivity contribution is -0.131. The molecule has 0 aliphatic heterocycles. The van der Waals surface area contributed by atoms with E-state index in [0.29, 0.717) is 5.75 Å². The Morgan fingerprint density at radius 1 is 1.14 bits per heavy atom. The van der Waals surface area contributed by atoms with Crippen LogP contribution in [0.3, 0.4) is 0 Å². The number of rotatable bonds is 5. The SMILES string of the molecule is CC(C)N(C(=O)CSc1ncnc2c1sc1nc3ccccc3cc12)C(C)C. The van der Waals surface area contributed by atoms with Crippen LogP contribution in [0.25, 0.3) is 31.3 Å². The number of carbonyl (C=O) groups excluding carboxylic acids is 1. The summed E-state index contributed by atoms with van der Waals surface area (Å²) in [5.41, 5.74) is 1.89. The Balaban J connectivity index is 1.70. The minimum absolute atomic E-state index is 0.131. The average molecular weight is 411 g/mol. The van der Waals surface area contributed by atoms with E-state index < -0.39 is 0 Å². The third-order valence-corrected chi connectivity index (χ3v) is 6.85. The first kappa shape index (κ1) is 19.1. The van der Waals surface area contributed by atoms with Gasteiger partial charge in [0.15, 0.2) is 0 Å². The molecule has 3 aromatic heterocycles. The summed E-state index contributed by atoms with van der Waals surface area (Å²) in [5.74, 6) is 0.498. The Labute approximate surface area is 172 Å². The van der Waals surface area contributed by atoms with Crippen LogP contribution < -0.4 is 0 Å². The number of thioether (sulfide) groups is 1. The summed E-state index contributed by atoms with van der Waals surface area (Å²) in [7, 11) is 0. The standard InChI is InChI=1S/C21H22N4OS2/c1-12(2)25(13(3)4)17(26)10-27-21-19-18(22-11-23-21)15-9-14-7-5-6-8-16(14)24-20(15)28-19/h5-9,11-13H,10H2,1-4H3. The van der Waals surface area contributed by atoms with Gasteiger partial charge in [-0.05, 0) is 39.8 Å². The number of para-hydroxylation sites is 1. The van der Waals surface area contributed by atoms with Crippen LogP contribution in [-0.4, -0.2) is 43.6 Å². The highest BCUT2D eigenvalue weighted by Crippen LogP contribution is 2.37. The third kappa shape index (κ3) is 3.44. The molecule has 0 N–H and O–H groups in total. The molecule has 0 atom stereocenters. The first-order valence-corrected chi connectivity index (χ1v) is 11.1. The number of thiophene rings is 1. The van der Waals surface area contributed by atoms with Crippen LogP contribution in [-0.2, 0) is 4.79 Å². The predicted molar refractivity (Wildman–Crippen MR) is 118 cm³/mol. The van der Waals surface area contributed by atoms with Crippen molar-refractivity contribution in [3.63, 3.8) is 0 Å². The normalized spacial score (nSPS) is 11.9. The van der Waals surface area contributed by atoms with Gasteiger partial charge < -0.3 is 4.90 Å². The summed E-state index contributed by atoms with van der Waals surface area (Å²) < 4.78 is 0.999. The molecule has 144 valence electrons. The Bertz CT molecular complexity index is 1160. The van der Waals surface area contributed by atoms with Crippen LogP contribution in [0.4, 0.5) is 0 Å². The maximum atomic E-state index is 12.7. The molecule has 0 saturated carbocycles. The summed E-state index contributed by atoms with van der Waals surface area (Å²) in [6.07, 6.45) is 1.58. The zero-order valence-electron chi connectivity index (χ0n) is 16.3. The summed E-state index contributed by atoms with van der Waals surface area (Å²) in [6, 6.07) is 10.6. The second-order valence-electron chi connectivity index (χ2n) is 7.27. The molecule has 0 aliphatic carbocycles. The van der Waals surface area contributed by atoms with E-state index in [9.17, 15) is 4.79 Å². The molecule has 1 amide bonds. The highest BCUT2D eigenvalue weighted by atomic mass is 32.2. The van der Waals surface area contributed by atoms with Crippen molar-refractivity contribution in [2.45, 2.75) is 44.8 Å². The molecule has 0 fully saturated rings. The summed E-state index contributed by atoms with van der Waals surface area (Å²) in [5, 5.41) is 2.99. The molecule has 4 rings (SSSR count). The maximum absolute atomic E-state index is 12.7. The highest BCUT2D eigenvalue weighted by molar-refractivity contribution is 8.00. The van der Waals surface area contributed by atoms with Crippen molar-refractivity contribution < 1.29 is 4.79 Å². The second-order valence-corrected chi connectivity index (χ2v) is 9.23. The smallest absolute Gasteiger partial charge is 0.233 e. The number of hydrogen-bond acceptors (Lipinski definition) is 6. The van der Waals surface area contributed by atoms with E-state index in [1.54, 1.807) is 17.7 Å². The number of fused-ring (bicyclic) bond motifs is 4. The van der Waals surface area contributed by atoms with Crippen LogP contribution in [0.2, 0.25) is 0 Å². The molecule has 4 aromatic rings. The van der Waals surface area contributed by atoms with E-state index >= 15 is 0 Å². The van der Waals surface area contributed by atoms with E-state index in [1.807, 2.05) is 50.8 Å². The van der Waals surface area contributed by atoms with Gasteiger partial charge in [-0.25, -0.2) is 15.0 Å². The van der Waals surface area contributed by atoms with E-state index in [1.165, 1.54) is 11.8 Å². The third-order valence-electron chi connectivity index (χ3n) is 4.65. The predicted octanol–water partition coefficient (Wildman–Crippen LogP) is 5.13. The molecular formula is C21H22N4OS2. The Morgan fingerprint density at radius 2 is 1.89 bits per heavy atom. The lowest BCUT2D eigenvalue weighted by Crippen LogP contribution is -2.43. The number of carbonyl (C=O) groups is 1. The van der Waals surface area contributed by atoms with Gasteiger partial charge in [0.05, 0.1) is 21.5 Å². The Kier molecular flexibility index (Phi) is 5.21. The molecule has 3 heterocycles. The molecule has 0 spiro atoms. The topological polar surface area (TPSA) is 59.0 Å². The molecule has 0 bridgehead atoms. The van der Waals surface area contributed by atoms with Crippen LogP contribution in [0, 0.1) is 0 Å². The number of amides is 1. The second kappa shape index (κ2) is 7.64. The van der Waals surface area contributed by atoms with Gasteiger partial charge in [-0.2, -0.15) is 0 Å². The molecule has 1 aromatic carbocycles. The lowest BCUT2D eigenvalue weighted by atomic mass is 10.2. The molecule has 28 heavy (non-hydrogen) atoms. The fourth-order valence-corrected chi connectivity index (χ4v) is 5.63. The van der Waals surface area contributed by atoms with E-state index in [-0.39, 0.29) is 18.0 Å². The van der Waals surface area contributed by atoms with Gasteiger partial charge in [-0.3, -0.25) is 4.79 Å². The van der Waals surface area contributed by atoms with Crippen molar-refractivity contribution >= 4 is 60.3 Å². The Hall–Kier alpha value is -2.25. The summed E-state index contributed by atoms with van der Waals surface area (Å²) >= 11 is 3.07. The Morgan fingerprint density at radius 3 is 2.64 bits per heavy atom. The number of nitrogens with zero attached hydrogens (tertiary/aromatic N) is 4. The van der Waals surface area contributed by atoms with Crippen LogP contribution in [0.15, 0.2) is 41.7 Å². The average Bonchev–Trinajstić information content (AvgIpc) is 3.02. The molecule has 0 unspecified atom stereocenters. The van der Waals surface area contributed by atoms with Crippen molar-refractivity contribution in [3.05, 3.63) is 36.7 Å². The molecular weight excluding hydrogens is 388 g/mol. The summed E-state index contributed by atoms with van der Waals surface area (Å²) in [4.78, 5) is 29.3. The number of benzene rings is 1. The number of pyridine rings is 1. The van der Waals surface area contributed by atoms with Gasteiger partial charge in [0.1, 0.15) is 16.2 Å². The first-order valence-electron chi connectivity index (χ1n) is 9.32. The van der Waals surface area contributed by atoms with Crippen molar-refractivity contribution in [2.24, 2.45) is 0 Å². The maximum Gasteiger partial charge on any atom is 0.233 e. The molecule has 0 saturated heterocycles. The van der Waals surface area contributed by atoms with Gasteiger partial charge in [0.25, 0.3) is 0 Å². The molecule has 0 radical (unpaired) electrons. The van der Waals surface area contributed by atoms with Crippen LogP contribution in [0.1, 0.15) is 27.7 Å². The largest absolute Gasteiger partial charge is 0.337 e. The quantitative estimate of drug-likeness (QED) is 0.337. The zero-order valence-corrected chi connectivity index (χ0v) is 18.0.